The van der Waals surface area contributed by atoms with Gasteiger partial charge in [0.2, 0.25) is 0 Å². The highest BCUT2D eigenvalue weighted by Crippen LogP contribution is 2.42. The highest BCUT2D eigenvalue weighted by Gasteiger charge is 2.48. The lowest BCUT2D eigenvalue weighted by molar-refractivity contribution is -0.0435. The number of rotatable bonds is 2. The molecule has 3 rings (SSSR count). The van der Waals surface area contributed by atoms with E-state index in [1.165, 1.54) is 18.2 Å². The minimum atomic E-state index is -5.52. The van der Waals surface area contributed by atoms with Crippen molar-refractivity contribution in [1.82, 2.24) is 4.37 Å². The Hall–Kier alpha value is -2.13. The van der Waals surface area contributed by atoms with Crippen molar-refractivity contribution in [2.75, 3.05) is 5.73 Å². The summed E-state index contributed by atoms with van der Waals surface area (Å²) >= 11 is 0.999. The minimum absolute atomic E-state index is 0.00285. The molecule has 0 aliphatic rings. The van der Waals surface area contributed by atoms with Crippen molar-refractivity contribution in [3.63, 3.8) is 0 Å². The topological polar surface area (TPSA) is 73.0 Å². The number of halogens is 3. The zero-order valence-corrected chi connectivity index (χ0v) is 13.0. The van der Waals surface area contributed by atoms with Crippen LogP contribution >= 0.6 is 11.5 Å². The number of alkyl halides is 3. The maximum Gasteiger partial charge on any atom is 0.501 e. The van der Waals surface area contributed by atoms with E-state index in [0.29, 0.717) is 10.3 Å². The lowest BCUT2D eigenvalue weighted by atomic mass is 10.0. The monoisotopic (exact) mass is 358 g/mol. The predicted octanol–water partition coefficient (Wildman–Crippen LogP) is 3.84. The Morgan fingerprint density at radius 2 is 1.70 bits per heavy atom. The number of aromatic nitrogens is 1. The second-order valence-corrected chi connectivity index (χ2v) is 7.41. The van der Waals surface area contributed by atoms with E-state index >= 15 is 0 Å². The average molecular weight is 358 g/mol. The first-order valence-corrected chi connectivity index (χ1v) is 8.54. The first-order valence-electron chi connectivity index (χ1n) is 6.28. The van der Waals surface area contributed by atoms with E-state index in [2.05, 4.69) is 4.37 Å². The summed E-state index contributed by atoms with van der Waals surface area (Å²) in [5.41, 5.74) is 0.608. The summed E-state index contributed by atoms with van der Waals surface area (Å²) in [4.78, 5) is -0.824. The predicted molar refractivity (Wildman–Crippen MR) is 82.7 cm³/mol. The van der Waals surface area contributed by atoms with Crippen LogP contribution in [-0.4, -0.2) is 18.3 Å². The van der Waals surface area contributed by atoms with Gasteiger partial charge in [0.1, 0.15) is 5.82 Å². The highest BCUT2D eigenvalue weighted by atomic mass is 32.2. The lowest BCUT2D eigenvalue weighted by Gasteiger charge is -2.14. The fraction of sp³-hybridized carbons (Fsp3) is 0.0714. The van der Waals surface area contributed by atoms with Gasteiger partial charge in [-0.25, -0.2) is 8.42 Å². The molecule has 120 valence electrons. The molecule has 0 saturated heterocycles. The minimum Gasteiger partial charge on any atom is -0.382 e. The van der Waals surface area contributed by atoms with Crippen molar-refractivity contribution in [3.8, 4) is 11.1 Å². The number of nitrogens with two attached hydrogens (primary N) is 1. The molecule has 0 atom stereocenters. The fourth-order valence-electron chi connectivity index (χ4n) is 2.28. The van der Waals surface area contributed by atoms with E-state index in [1.54, 1.807) is 18.2 Å². The van der Waals surface area contributed by atoms with Gasteiger partial charge in [0.15, 0.2) is 0 Å². The maximum absolute atomic E-state index is 13.0. The average Bonchev–Trinajstić information content (AvgIpc) is 2.88. The summed E-state index contributed by atoms with van der Waals surface area (Å²) in [5.74, 6) is 0.00285. The fourth-order valence-corrected chi connectivity index (χ4v) is 3.98. The molecule has 0 fully saturated rings. The quantitative estimate of drug-likeness (QED) is 0.755. The van der Waals surface area contributed by atoms with Gasteiger partial charge in [0, 0.05) is 10.9 Å². The molecular weight excluding hydrogens is 349 g/mol. The van der Waals surface area contributed by atoms with Crippen molar-refractivity contribution in [2.24, 2.45) is 0 Å². The summed E-state index contributed by atoms with van der Waals surface area (Å²) in [6, 6.07) is 10.2. The third kappa shape index (κ3) is 2.45. The third-order valence-corrected chi connectivity index (χ3v) is 5.64. The van der Waals surface area contributed by atoms with E-state index in [-0.39, 0.29) is 16.8 Å². The SMILES string of the molecule is Nc1nsc2ccc(S(=O)(=O)C(F)(F)F)c(-c3ccccc3)c12. The molecule has 0 aliphatic carbocycles. The molecule has 23 heavy (non-hydrogen) atoms. The molecule has 2 aromatic carbocycles. The number of nitrogens with zero attached hydrogens (tertiary/aromatic N) is 1. The van der Waals surface area contributed by atoms with Crippen LogP contribution in [0.3, 0.4) is 0 Å². The summed E-state index contributed by atoms with van der Waals surface area (Å²) in [7, 11) is -5.52. The lowest BCUT2D eigenvalue weighted by Crippen LogP contribution is -2.24. The van der Waals surface area contributed by atoms with E-state index in [9.17, 15) is 21.6 Å². The van der Waals surface area contributed by atoms with Crippen molar-refractivity contribution >= 4 is 37.3 Å². The van der Waals surface area contributed by atoms with Crippen LogP contribution in [0.15, 0.2) is 47.4 Å². The number of sulfone groups is 1. The Bertz CT molecular complexity index is 980. The van der Waals surface area contributed by atoms with Crippen LogP contribution in [0.4, 0.5) is 19.0 Å². The molecule has 0 spiro atoms. The van der Waals surface area contributed by atoms with Gasteiger partial charge in [-0.3, -0.25) is 0 Å². The molecule has 0 saturated carbocycles. The molecule has 0 aliphatic heterocycles. The van der Waals surface area contributed by atoms with Gasteiger partial charge in [-0.2, -0.15) is 17.5 Å². The van der Waals surface area contributed by atoms with Gasteiger partial charge in [-0.15, -0.1) is 0 Å². The number of anilines is 1. The molecule has 9 heteroatoms. The molecule has 4 nitrogen and oxygen atoms in total. The molecule has 0 radical (unpaired) electrons. The Morgan fingerprint density at radius 3 is 2.30 bits per heavy atom. The molecule has 1 heterocycles. The third-order valence-electron chi connectivity index (χ3n) is 3.28. The Balaban J connectivity index is 2.47. The Morgan fingerprint density at radius 1 is 1.04 bits per heavy atom. The zero-order valence-electron chi connectivity index (χ0n) is 11.3. The molecule has 3 aromatic rings. The van der Waals surface area contributed by atoms with E-state index in [0.717, 1.165) is 17.6 Å². The normalized spacial score (nSPS) is 12.7. The van der Waals surface area contributed by atoms with Gasteiger partial charge in [0.25, 0.3) is 9.84 Å². The molecule has 0 bridgehead atoms. The van der Waals surface area contributed by atoms with Gasteiger partial charge in [-0.05, 0) is 29.2 Å². The standard InChI is InChI=1S/C14H9F3N2O2S2/c15-14(16,17)23(20,21)10-7-6-9-12(13(18)19-22-9)11(10)8-4-2-1-3-5-8/h1-7H,(H2,18,19). The molecule has 0 amide bonds. The summed E-state index contributed by atoms with van der Waals surface area (Å²) < 4.78 is 67.3. The van der Waals surface area contributed by atoms with Crippen LogP contribution in [0.5, 0.6) is 0 Å². The number of hydrogen-bond acceptors (Lipinski definition) is 5. The van der Waals surface area contributed by atoms with Crippen molar-refractivity contribution in [2.45, 2.75) is 10.4 Å². The van der Waals surface area contributed by atoms with Crippen LogP contribution < -0.4 is 5.73 Å². The van der Waals surface area contributed by atoms with E-state index in [4.69, 9.17) is 5.73 Å². The Labute approximate surface area is 133 Å². The smallest absolute Gasteiger partial charge is 0.382 e. The molecule has 0 unspecified atom stereocenters. The largest absolute Gasteiger partial charge is 0.501 e. The van der Waals surface area contributed by atoms with E-state index < -0.39 is 20.2 Å². The second-order valence-electron chi connectivity index (χ2n) is 4.69. The molecular formula is C14H9F3N2O2S2. The van der Waals surface area contributed by atoms with Crippen LogP contribution in [-0.2, 0) is 9.84 Å². The van der Waals surface area contributed by atoms with Gasteiger partial charge >= 0.3 is 5.51 Å². The van der Waals surface area contributed by atoms with Crippen LogP contribution in [0.1, 0.15) is 0 Å². The number of benzene rings is 2. The van der Waals surface area contributed by atoms with Gasteiger partial charge in [0.05, 0.1) is 9.60 Å². The van der Waals surface area contributed by atoms with Crippen molar-refractivity contribution < 1.29 is 21.6 Å². The highest BCUT2D eigenvalue weighted by molar-refractivity contribution is 7.92. The molecule has 2 N–H and O–H groups in total. The number of fused-ring (bicyclic) bond motifs is 1. The number of nitrogen functional groups attached to an aromatic ring is 1. The van der Waals surface area contributed by atoms with Gasteiger partial charge < -0.3 is 5.73 Å². The Kier molecular flexibility index (Phi) is 3.56. The van der Waals surface area contributed by atoms with Crippen molar-refractivity contribution in [3.05, 3.63) is 42.5 Å². The summed E-state index contributed by atoms with van der Waals surface area (Å²) in [6.07, 6.45) is 0. The van der Waals surface area contributed by atoms with Crippen LogP contribution in [0, 0.1) is 0 Å². The van der Waals surface area contributed by atoms with Crippen molar-refractivity contribution in [1.29, 1.82) is 0 Å². The summed E-state index contributed by atoms with van der Waals surface area (Å²) in [5, 5.41) is 0.214. The first-order chi connectivity index (χ1) is 10.7. The summed E-state index contributed by atoms with van der Waals surface area (Å²) in [6.45, 7) is 0. The second kappa shape index (κ2) is 5.20. The van der Waals surface area contributed by atoms with E-state index in [1.807, 2.05) is 0 Å². The zero-order chi connectivity index (χ0) is 16.8. The molecule has 1 aromatic heterocycles. The van der Waals surface area contributed by atoms with Crippen LogP contribution in [0.25, 0.3) is 21.2 Å². The van der Waals surface area contributed by atoms with Gasteiger partial charge in [-0.1, -0.05) is 30.3 Å². The maximum atomic E-state index is 13.0. The number of hydrogen-bond donors (Lipinski definition) is 1. The first kappa shape index (κ1) is 15.8. The van der Waals surface area contributed by atoms with Crippen LogP contribution in [0.2, 0.25) is 0 Å².